The van der Waals surface area contributed by atoms with Crippen LogP contribution in [0.5, 0.6) is 11.5 Å². The normalized spacial score (nSPS) is 14.4. The maximum atomic E-state index is 5.76. The monoisotopic (exact) mass is 311 g/mol. The van der Waals surface area contributed by atoms with Gasteiger partial charge in [0.25, 0.3) is 0 Å². The maximum absolute atomic E-state index is 5.76. The molecule has 23 heavy (non-hydrogen) atoms. The van der Waals surface area contributed by atoms with Crippen LogP contribution in [0, 0.1) is 6.92 Å². The van der Waals surface area contributed by atoms with E-state index >= 15 is 0 Å². The van der Waals surface area contributed by atoms with E-state index in [1.807, 2.05) is 6.07 Å². The minimum absolute atomic E-state index is 0.422. The van der Waals surface area contributed by atoms with E-state index in [2.05, 4.69) is 62.1 Å². The van der Waals surface area contributed by atoms with Gasteiger partial charge in [-0.15, -0.1) is 0 Å². The molecule has 0 fully saturated rings. The topological polar surface area (TPSA) is 21.7 Å². The van der Waals surface area contributed by atoms with Gasteiger partial charge in [-0.3, -0.25) is 0 Å². The first-order valence-electron chi connectivity index (χ1n) is 8.44. The number of ether oxygens (including phenoxy) is 2. The molecule has 3 rings (SSSR count). The quantitative estimate of drug-likeness (QED) is 0.767. The summed E-state index contributed by atoms with van der Waals surface area (Å²) < 4.78 is 11.4. The molecular weight excluding hydrogens is 286 g/mol. The van der Waals surface area contributed by atoms with Crippen molar-refractivity contribution in [2.45, 2.75) is 39.7 Å². The highest BCUT2D eigenvalue weighted by Crippen LogP contribution is 2.37. The first-order valence-corrected chi connectivity index (χ1v) is 8.44. The average Bonchev–Trinajstić information content (AvgIpc) is 2.57. The minimum Gasteiger partial charge on any atom is -0.486 e. The van der Waals surface area contributed by atoms with Crippen LogP contribution >= 0.6 is 0 Å². The Morgan fingerprint density at radius 1 is 0.957 bits per heavy atom. The van der Waals surface area contributed by atoms with Gasteiger partial charge in [-0.1, -0.05) is 31.0 Å². The molecule has 0 aliphatic carbocycles. The van der Waals surface area contributed by atoms with Gasteiger partial charge in [0.1, 0.15) is 13.2 Å². The summed E-state index contributed by atoms with van der Waals surface area (Å²) in [6, 6.07) is 15.4. The Hall–Kier alpha value is -2.16. The molecule has 2 aromatic carbocycles. The van der Waals surface area contributed by atoms with Gasteiger partial charge in [-0.05, 0) is 44.5 Å². The molecule has 0 aromatic heterocycles. The third-order valence-electron chi connectivity index (χ3n) is 4.26. The van der Waals surface area contributed by atoms with E-state index in [0.717, 1.165) is 30.0 Å². The van der Waals surface area contributed by atoms with Crippen molar-refractivity contribution in [2.75, 3.05) is 18.1 Å². The molecule has 0 N–H and O–H groups in total. The van der Waals surface area contributed by atoms with E-state index in [1.54, 1.807) is 0 Å². The van der Waals surface area contributed by atoms with Crippen molar-refractivity contribution < 1.29 is 9.47 Å². The van der Waals surface area contributed by atoms with Crippen LogP contribution in [0.3, 0.4) is 0 Å². The lowest BCUT2D eigenvalue weighted by Gasteiger charge is -2.32. The second-order valence-corrected chi connectivity index (χ2v) is 6.17. The van der Waals surface area contributed by atoms with E-state index in [0.29, 0.717) is 19.3 Å². The summed E-state index contributed by atoms with van der Waals surface area (Å²) in [5, 5.41) is 0. The first-order chi connectivity index (χ1) is 11.2. The van der Waals surface area contributed by atoms with Crippen molar-refractivity contribution in [3.05, 3.63) is 48.0 Å². The summed E-state index contributed by atoms with van der Waals surface area (Å²) in [5.41, 5.74) is 3.64. The minimum atomic E-state index is 0.422. The highest BCUT2D eigenvalue weighted by Gasteiger charge is 2.19. The van der Waals surface area contributed by atoms with Crippen molar-refractivity contribution in [3.8, 4) is 11.5 Å². The molecule has 0 radical (unpaired) electrons. The zero-order valence-electron chi connectivity index (χ0n) is 14.2. The third-order valence-corrected chi connectivity index (χ3v) is 4.26. The molecule has 0 spiro atoms. The fourth-order valence-corrected chi connectivity index (χ4v) is 3.09. The van der Waals surface area contributed by atoms with E-state index in [4.69, 9.17) is 9.47 Å². The molecule has 1 unspecified atom stereocenters. The number of hydrogen-bond acceptors (Lipinski definition) is 3. The summed E-state index contributed by atoms with van der Waals surface area (Å²) in [6.45, 7) is 7.87. The maximum Gasteiger partial charge on any atom is 0.163 e. The Balaban J connectivity index is 1.99. The molecule has 0 saturated heterocycles. The highest BCUT2D eigenvalue weighted by molar-refractivity contribution is 5.67. The molecule has 1 atom stereocenters. The average molecular weight is 311 g/mol. The largest absolute Gasteiger partial charge is 0.486 e. The predicted octanol–water partition coefficient (Wildman–Crippen LogP) is 5.09. The van der Waals surface area contributed by atoms with Gasteiger partial charge in [0.15, 0.2) is 11.5 Å². The van der Waals surface area contributed by atoms with Gasteiger partial charge in [0, 0.05) is 23.5 Å². The number of hydrogen-bond donors (Lipinski definition) is 0. The molecule has 0 amide bonds. The Morgan fingerprint density at radius 2 is 1.61 bits per heavy atom. The molecule has 0 saturated carbocycles. The van der Waals surface area contributed by atoms with Crippen LogP contribution in [-0.2, 0) is 0 Å². The molecule has 0 bridgehead atoms. The molecule has 1 aliphatic heterocycles. The van der Waals surface area contributed by atoms with Crippen LogP contribution in [0.1, 0.15) is 32.3 Å². The van der Waals surface area contributed by atoms with Gasteiger partial charge >= 0.3 is 0 Å². The zero-order valence-corrected chi connectivity index (χ0v) is 14.2. The van der Waals surface area contributed by atoms with Crippen LogP contribution in [0.2, 0.25) is 0 Å². The number of benzene rings is 2. The standard InChI is InChI=1S/C20H25NO2/c1-4-5-16(3)21(17-8-6-15(2)7-9-17)18-10-11-19-20(14-18)23-13-12-22-19/h6-11,14,16H,4-5,12-13H2,1-3H3. The van der Waals surface area contributed by atoms with E-state index in [1.165, 1.54) is 11.3 Å². The Morgan fingerprint density at radius 3 is 2.30 bits per heavy atom. The van der Waals surface area contributed by atoms with Crippen LogP contribution in [0.25, 0.3) is 0 Å². The second kappa shape index (κ2) is 6.95. The lowest BCUT2D eigenvalue weighted by Crippen LogP contribution is -2.28. The fourth-order valence-electron chi connectivity index (χ4n) is 3.09. The molecule has 1 heterocycles. The summed E-state index contributed by atoms with van der Waals surface area (Å²) in [7, 11) is 0. The third kappa shape index (κ3) is 3.44. The first kappa shape index (κ1) is 15.7. The van der Waals surface area contributed by atoms with E-state index in [9.17, 15) is 0 Å². The molecule has 1 aliphatic rings. The summed E-state index contributed by atoms with van der Waals surface area (Å²) in [6.07, 6.45) is 2.30. The van der Waals surface area contributed by atoms with Crippen LogP contribution in [0.15, 0.2) is 42.5 Å². The molecule has 3 nitrogen and oxygen atoms in total. The van der Waals surface area contributed by atoms with Gasteiger partial charge < -0.3 is 14.4 Å². The molecule has 2 aromatic rings. The van der Waals surface area contributed by atoms with Crippen LogP contribution in [0.4, 0.5) is 11.4 Å². The number of fused-ring (bicyclic) bond motifs is 1. The van der Waals surface area contributed by atoms with Gasteiger partial charge in [-0.2, -0.15) is 0 Å². The summed E-state index contributed by atoms with van der Waals surface area (Å²) in [4.78, 5) is 2.39. The van der Waals surface area contributed by atoms with Crippen LogP contribution < -0.4 is 14.4 Å². The number of aryl methyl sites for hydroxylation is 1. The number of nitrogens with zero attached hydrogens (tertiary/aromatic N) is 1. The number of rotatable bonds is 5. The Bertz CT molecular complexity index is 651. The van der Waals surface area contributed by atoms with Gasteiger partial charge in [-0.25, -0.2) is 0 Å². The molecule has 3 heteroatoms. The summed E-state index contributed by atoms with van der Waals surface area (Å²) >= 11 is 0. The highest BCUT2D eigenvalue weighted by atomic mass is 16.6. The Labute approximate surface area is 138 Å². The summed E-state index contributed by atoms with van der Waals surface area (Å²) in [5.74, 6) is 1.68. The number of anilines is 2. The van der Waals surface area contributed by atoms with Crippen LogP contribution in [-0.4, -0.2) is 19.3 Å². The lowest BCUT2D eigenvalue weighted by molar-refractivity contribution is 0.171. The predicted molar refractivity (Wildman–Crippen MR) is 95.1 cm³/mol. The smallest absolute Gasteiger partial charge is 0.163 e. The second-order valence-electron chi connectivity index (χ2n) is 6.17. The van der Waals surface area contributed by atoms with E-state index in [-0.39, 0.29) is 0 Å². The Kier molecular flexibility index (Phi) is 4.75. The fraction of sp³-hybridized carbons (Fsp3) is 0.400. The van der Waals surface area contributed by atoms with Crippen molar-refractivity contribution in [1.82, 2.24) is 0 Å². The van der Waals surface area contributed by atoms with Gasteiger partial charge in [0.2, 0.25) is 0 Å². The van der Waals surface area contributed by atoms with Crippen molar-refractivity contribution in [1.29, 1.82) is 0 Å². The van der Waals surface area contributed by atoms with Crippen molar-refractivity contribution >= 4 is 11.4 Å². The van der Waals surface area contributed by atoms with E-state index < -0.39 is 0 Å². The van der Waals surface area contributed by atoms with Crippen molar-refractivity contribution in [3.63, 3.8) is 0 Å². The SMILES string of the molecule is CCCC(C)N(c1ccc(C)cc1)c1ccc2c(c1)OCCO2. The zero-order chi connectivity index (χ0) is 16.2. The lowest BCUT2D eigenvalue weighted by atomic mass is 10.1. The molecule has 122 valence electrons. The van der Waals surface area contributed by atoms with Gasteiger partial charge in [0.05, 0.1) is 0 Å². The molecular formula is C20H25NO2. The van der Waals surface area contributed by atoms with Crippen molar-refractivity contribution in [2.24, 2.45) is 0 Å².